The summed E-state index contributed by atoms with van der Waals surface area (Å²) >= 11 is 0. The highest BCUT2D eigenvalue weighted by molar-refractivity contribution is 5.77. The molecule has 0 aliphatic carbocycles. The van der Waals surface area contributed by atoms with Crippen LogP contribution in [0.1, 0.15) is 93.6 Å². The monoisotopic (exact) mass is 798 g/mol. The number of carbonyl (C=O) groups is 5. The zero-order valence-electron chi connectivity index (χ0n) is 34.9. The largest absolute Gasteiger partial charge is 0.460 e. The maximum atomic E-state index is 13.3. The molecule has 0 bridgehead atoms. The second-order valence-corrected chi connectivity index (χ2v) is 16.0. The van der Waals surface area contributed by atoms with Crippen LogP contribution in [0.5, 0.6) is 0 Å². The number of amides is 2. The van der Waals surface area contributed by atoms with Crippen LogP contribution in [-0.4, -0.2) is 125 Å². The molecule has 16 heteroatoms. The lowest BCUT2D eigenvalue weighted by Crippen LogP contribution is -2.59. The predicted molar refractivity (Wildman–Crippen MR) is 206 cm³/mol. The molecule has 320 valence electrons. The first-order valence-corrected chi connectivity index (χ1v) is 19.0. The molecule has 1 rings (SSSR count). The minimum atomic E-state index is -1.29. The third-order valence-electron chi connectivity index (χ3n) is 6.73. The van der Waals surface area contributed by atoms with Crippen molar-refractivity contribution in [1.82, 2.24) is 10.6 Å². The normalized spacial score (nSPS) is 12.1. The number of alkyl carbamates (subject to hydrolysis) is 1. The van der Waals surface area contributed by atoms with E-state index in [1.54, 1.807) is 62.3 Å². The Morgan fingerprint density at radius 3 is 1.36 bits per heavy atom. The Labute approximate surface area is 332 Å². The van der Waals surface area contributed by atoms with Crippen molar-refractivity contribution in [2.24, 2.45) is 0 Å². The smallest absolute Gasteiger partial charge is 0.407 e. The Morgan fingerprint density at radius 2 is 0.929 bits per heavy atom. The molecule has 0 saturated carbocycles. The lowest BCUT2D eigenvalue weighted by Gasteiger charge is -2.34. The second kappa shape index (κ2) is 26.2. The van der Waals surface area contributed by atoms with Gasteiger partial charge in [-0.1, -0.05) is 30.3 Å². The number of nitrogens with one attached hydrogen (secondary N) is 2. The molecule has 2 amide bonds. The summed E-state index contributed by atoms with van der Waals surface area (Å²) in [6.45, 7) is 16.6. The molecular weight excluding hydrogens is 732 g/mol. The number of carbonyl (C=O) groups excluding carboxylic acids is 5. The minimum Gasteiger partial charge on any atom is -0.460 e. The second-order valence-electron chi connectivity index (χ2n) is 16.0. The predicted octanol–water partition coefficient (Wildman–Crippen LogP) is 4.44. The van der Waals surface area contributed by atoms with E-state index in [2.05, 4.69) is 10.6 Å². The molecule has 1 aromatic rings. The van der Waals surface area contributed by atoms with E-state index in [1.807, 2.05) is 30.3 Å². The van der Waals surface area contributed by atoms with Crippen LogP contribution in [0.4, 0.5) is 4.79 Å². The molecule has 0 radical (unpaired) electrons. The lowest BCUT2D eigenvalue weighted by molar-refractivity contribution is -0.157. The Balaban J connectivity index is 2.75. The van der Waals surface area contributed by atoms with Crippen molar-refractivity contribution >= 4 is 29.9 Å². The van der Waals surface area contributed by atoms with Crippen LogP contribution in [0.25, 0.3) is 0 Å². The maximum absolute atomic E-state index is 13.3. The Bertz CT molecular complexity index is 1210. The summed E-state index contributed by atoms with van der Waals surface area (Å²) in [5.41, 5.74) is -2.40. The molecule has 0 heterocycles. The molecule has 1 aromatic carbocycles. The van der Waals surface area contributed by atoms with Crippen LogP contribution >= 0.6 is 0 Å². The molecule has 16 nitrogen and oxygen atoms in total. The number of rotatable bonds is 27. The third-order valence-corrected chi connectivity index (χ3v) is 6.73. The summed E-state index contributed by atoms with van der Waals surface area (Å²) in [6.07, 6.45) is -0.699. The summed E-state index contributed by atoms with van der Waals surface area (Å²) in [5, 5.41) is 5.54. The van der Waals surface area contributed by atoms with Gasteiger partial charge in [0, 0.05) is 13.0 Å². The fourth-order valence-corrected chi connectivity index (χ4v) is 4.52. The van der Waals surface area contributed by atoms with E-state index in [0.717, 1.165) is 5.56 Å². The molecule has 0 atom stereocenters. The molecule has 0 saturated heterocycles. The first kappa shape index (κ1) is 50.2. The van der Waals surface area contributed by atoms with Crippen molar-refractivity contribution in [3.8, 4) is 0 Å². The van der Waals surface area contributed by atoms with Gasteiger partial charge in [0.05, 0.1) is 85.3 Å². The topological polar surface area (TPSA) is 192 Å². The molecule has 0 aliphatic heterocycles. The molecule has 0 unspecified atom stereocenters. The third kappa shape index (κ3) is 28.6. The van der Waals surface area contributed by atoms with Gasteiger partial charge in [-0.05, 0) is 67.9 Å². The van der Waals surface area contributed by atoms with Crippen LogP contribution in [0.2, 0.25) is 0 Å². The van der Waals surface area contributed by atoms with E-state index >= 15 is 0 Å². The number of ether oxygens (including phenoxy) is 9. The molecule has 0 fully saturated rings. The molecule has 0 aromatic heterocycles. The Hall–Kier alpha value is -3.83. The maximum Gasteiger partial charge on any atom is 0.407 e. The van der Waals surface area contributed by atoms with Crippen molar-refractivity contribution in [1.29, 1.82) is 0 Å². The van der Waals surface area contributed by atoms with Crippen LogP contribution in [-0.2, 0) is 68.4 Å². The van der Waals surface area contributed by atoms with Crippen LogP contribution in [0, 0.1) is 0 Å². The summed E-state index contributed by atoms with van der Waals surface area (Å²) in [5.74, 6) is -1.76. The van der Waals surface area contributed by atoms with Gasteiger partial charge in [0.1, 0.15) is 28.9 Å². The van der Waals surface area contributed by atoms with E-state index in [1.165, 1.54) is 0 Å². The zero-order chi connectivity index (χ0) is 42.1. The van der Waals surface area contributed by atoms with E-state index in [9.17, 15) is 24.0 Å². The number of benzene rings is 1. The van der Waals surface area contributed by atoms with E-state index < -0.39 is 52.3 Å². The fourth-order valence-electron chi connectivity index (χ4n) is 4.52. The van der Waals surface area contributed by atoms with Gasteiger partial charge in [-0.3, -0.25) is 19.2 Å². The van der Waals surface area contributed by atoms with Gasteiger partial charge in [-0.25, -0.2) is 4.79 Å². The molecule has 56 heavy (non-hydrogen) atoms. The molecular formula is C40H66N2O14. The highest BCUT2D eigenvalue weighted by atomic mass is 16.6. The van der Waals surface area contributed by atoms with Crippen LogP contribution < -0.4 is 10.6 Å². The Kier molecular flexibility index (Phi) is 23.4. The SMILES string of the molecule is CC(C)(C)OC(=O)CCOCC(COCCC(=O)OC(C)(C)C)(COCCC(=O)OC(C)(C)C)NC(=O)CCOCCOCCNC(=O)OCc1ccccc1. The Morgan fingerprint density at radius 1 is 0.518 bits per heavy atom. The number of esters is 3. The van der Waals surface area contributed by atoms with E-state index in [-0.39, 0.29) is 105 Å². The van der Waals surface area contributed by atoms with Crippen molar-refractivity contribution in [3.63, 3.8) is 0 Å². The lowest BCUT2D eigenvalue weighted by atomic mass is 10.0. The van der Waals surface area contributed by atoms with Gasteiger partial charge < -0.3 is 53.3 Å². The first-order valence-electron chi connectivity index (χ1n) is 19.0. The van der Waals surface area contributed by atoms with Crippen LogP contribution in [0.15, 0.2) is 30.3 Å². The van der Waals surface area contributed by atoms with E-state index in [4.69, 9.17) is 42.6 Å². The average Bonchev–Trinajstić information content (AvgIpc) is 3.07. The van der Waals surface area contributed by atoms with Gasteiger partial charge in [0.2, 0.25) is 5.91 Å². The van der Waals surface area contributed by atoms with Gasteiger partial charge in [-0.15, -0.1) is 0 Å². The van der Waals surface area contributed by atoms with E-state index in [0.29, 0.717) is 0 Å². The summed E-state index contributed by atoms with van der Waals surface area (Å²) in [7, 11) is 0. The van der Waals surface area contributed by atoms with Crippen molar-refractivity contribution in [2.75, 3.05) is 72.6 Å². The minimum absolute atomic E-state index is 0.0180. The van der Waals surface area contributed by atoms with Gasteiger partial charge in [0.15, 0.2) is 0 Å². The highest BCUT2D eigenvalue weighted by Crippen LogP contribution is 2.14. The highest BCUT2D eigenvalue weighted by Gasteiger charge is 2.34. The van der Waals surface area contributed by atoms with Crippen LogP contribution in [0.3, 0.4) is 0 Å². The summed E-state index contributed by atoms with van der Waals surface area (Å²) in [6, 6.07) is 9.33. The van der Waals surface area contributed by atoms with Crippen molar-refractivity contribution in [3.05, 3.63) is 35.9 Å². The van der Waals surface area contributed by atoms with Gasteiger partial charge in [-0.2, -0.15) is 0 Å². The average molecular weight is 799 g/mol. The fraction of sp³-hybridized carbons (Fsp3) is 0.725. The molecule has 0 aliphatic rings. The number of hydrogen-bond acceptors (Lipinski definition) is 14. The standard InChI is InChI=1S/C40H66N2O14/c1-37(2,3)54-33(44)16-21-50-28-40(29-51-22-17-34(45)55-38(4,5)6,30-52-23-18-35(46)56-39(7,8)9)42-32(43)15-20-48-25-26-49-24-19-41-36(47)53-27-31-13-11-10-12-14-31/h10-14H,15-30H2,1-9H3,(H,41,47)(H,42,43). The zero-order valence-corrected chi connectivity index (χ0v) is 34.9. The van der Waals surface area contributed by atoms with Gasteiger partial charge >= 0.3 is 24.0 Å². The summed E-state index contributed by atoms with van der Waals surface area (Å²) in [4.78, 5) is 62.0. The first-order chi connectivity index (χ1) is 26.2. The molecule has 2 N–H and O–H groups in total. The summed E-state index contributed by atoms with van der Waals surface area (Å²) < 4.78 is 49.9. The number of hydrogen-bond donors (Lipinski definition) is 2. The quantitative estimate of drug-likeness (QED) is 0.0721. The van der Waals surface area contributed by atoms with Gasteiger partial charge in [0.25, 0.3) is 0 Å². The van der Waals surface area contributed by atoms with Crippen molar-refractivity contribution < 1.29 is 66.6 Å². The van der Waals surface area contributed by atoms with Crippen molar-refractivity contribution in [2.45, 2.75) is 117 Å². The molecule has 0 spiro atoms.